The number of likely N-dealkylation sites (N-methyl/N-ethyl adjacent to an activating group) is 1. The molecule has 71 heavy (non-hydrogen) atoms. The summed E-state index contributed by atoms with van der Waals surface area (Å²) in [5, 5.41) is 0. The quantitative estimate of drug-likeness (QED) is 0.0211. The smallest absolute Gasteiger partial charge is 0.462 e. The van der Waals surface area contributed by atoms with E-state index >= 15 is 0 Å². The molecular formula is C61H107NO8P+. The number of unbranched alkanes of at least 4 members (excludes halogenated alkanes) is 21. The van der Waals surface area contributed by atoms with Crippen LogP contribution in [-0.2, 0) is 32.7 Å². The van der Waals surface area contributed by atoms with E-state index in [2.05, 4.69) is 111 Å². The minimum Gasteiger partial charge on any atom is -0.462 e. The molecule has 0 aliphatic rings. The SMILES string of the molecule is CC/C=C\C/C=C\C/C=C\C/C=C\C/C=C\C/C=C\C/C=C\C/C=C\CCCCCCCCC(=O)OC(COC(=O)CCCCCCCCCCCCCCCCCC)COP(=O)(O)OCC[N+](C)(C)C. The first-order chi connectivity index (χ1) is 34.5. The van der Waals surface area contributed by atoms with Crippen LogP contribution in [0.1, 0.15) is 226 Å². The van der Waals surface area contributed by atoms with Crippen LogP contribution in [0.15, 0.2) is 97.2 Å². The minimum atomic E-state index is -4.39. The lowest BCUT2D eigenvalue weighted by Gasteiger charge is -2.24. The summed E-state index contributed by atoms with van der Waals surface area (Å²) in [5.41, 5.74) is 0. The van der Waals surface area contributed by atoms with Gasteiger partial charge in [-0.1, -0.05) is 233 Å². The number of hydrogen-bond acceptors (Lipinski definition) is 7. The van der Waals surface area contributed by atoms with Gasteiger partial charge in [0.05, 0.1) is 27.7 Å². The van der Waals surface area contributed by atoms with Gasteiger partial charge in [0, 0.05) is 12.8 Å². The van der Waals surface area contributed by atoms with Crippen LogP contribution in [-0.4, -0.2) is 74.9 Å². The molecule has 0 heterocycles. The van der Waals surface area contributed by atoms with Crippen LogP contribution in [0, 0.1) is 0 Å². The van der Waals surface area contributed by atoms with Crippen molar-refractivity contribution in [3.8, 4) is 0 Å². The van der Waals surface area contributed by atoms with Crippen molar-refractivity contribution in [2.45, 2.75) is 232 Å². The van der Waals surface area contributed by atoms with Crippen LogP contribution in [0.3, 0.4) is 0 Å². The van der Waals surface area contributed by atoms with Crippen molar-refractivity contribution in [3.63, 3.8) is 0 Å². The summed E-state index contributed by atoms with van der Waals surface area (Å²) in [6.45, 7) is 4.30. The highest BCUT2D eigenvalue weighted by atomic mass is 31.2. The maximum Gasteiger partial charge on any atom is 0.472 e. The largest absolute Gasteiger partial charge is 0.472 e. The van der Waals surface area contributed by atoms with E-state index in [-0.39, 0.29) is 32.0 Å². The monoisotopic (exact) mass is 1010 g/mol. The van der Waals surface area contributed by atoms with Gasteiger partial charge in [-0.05, 0) is 77.0 Å². The van der Waals surface area contributed by atoms with E-state index in [9.17, 15) is 19.0 Å². The maximum atomic E-state index is 12.8. The zero-order valence-corrected chi connectivity index (χ0v) is 47.1. The molecule has 0 rings (SSSR count). The van der Waals surface area contributed by atoms with Crippen LogP contribution in [0.2, 0.25) is 0 Å². The van der Waals surface area contributed by atoms with Gasteiger partial charge in [-0.25, -0.2) is 4.57 Å². The summed E-state index contributed by atoms with van der Waals surface area (Å²) >= 11 is 0. The van der Waals surface area contributed by atoms with Gasteiger partial charge in [0.2, 0.25) is 0 Å². The molecule has 0 saturated heterocycles. The highest BCUT2D eigenvalue weighted by molar-refractivity contribution is 7.47. The normalized spacial score (nSPS) is 14.1. The Bertz CT molecular complexity index is 1520. The molecule has 0 bridgehead atoms. The third-order valence-electron chi connectivity index (χ3n) is 11.9. The van der Waals surface area contributed by atoms with Crippen molar-refractivity contribution in [1.29, 1.82) is 0 Å². The van der Waals surface area contributed by atoms with Crippen molar-refractivity contribution in [1.82, 2.24) is 0 Å². The average molecular weight is 1010 g/mol. The molecule has 0 aliphatic carbocycles. The Morgan fingerprint density at radius 1 is 0.451 bits per heavy atom. The molecule has 1 N–H and O–H groups in total. The molecule has 0 amide bonds. The fourth-order valence-electron chi connectivity index (χ4n) is 7.50. The standard InChI is InChI=1S/C61H106NO8P/c1-6-8-10-12-14-16-18-20-22-24-25-26-27-28-29-30-31-32-33-34-35-36-37-38-40-42-44-46-48-50-52-54-61(64)70-59(58-69-71(65,66)68-56-55-62(3,4)5)57-67-60(63)53-51-49-47-45-43-41-39-23-21-19-17-15-13-11-9-7-2/h8,10,14,16,20,22,25-26,28-29,31-32,34-35,37-38,59H,6-7,9,11-13,15,17-19,21,23-24,27,30,33,36,39-58H2,1-5H3/p+1/b10-8-,16-14-,22-20-,26-25-,29-28-,32-31-,35-34-,38-37-. The van der Waals surface area contributed by atoms with Gasteiger partial charge in [-0.3, -0.25) is 18.6 Å². The Morgan fingerprint density at radius 3 is 1.20 bits per heavy atom. The van der Waals surface area contributed by atoms with Crippen molar-refractivity contribution < 1.29 is 42.1 Å². The first kappa shape index (κ1) is 67.9. The number of phosphoric acid groups is 1. The number of nitrogens with zero attached hydrogens (tertiary/aromatic N) is 1. The number of rotatable bonds is 51. The van der Waals surface area contributed by atoms with Crippen LogP contribution < -0.4 is 0 Å². The van der Waals surface area contributed by atoms with Crippen LogP contribution in [0.4, 0.5) is 0 Å². The highest BCUT2D eigenvalue weighted by Gasteiger charge is 2.27. The Kier molecular flexibility index (Phi) is 49.6. The third kappa shape index (κ3) is 56.1. The van der Waals surface area contributed by atoms with Crippen molar-refractivity contribution >= 4 is 19.8 Å². The number of carbonyl (C=O) groups excluding carboxylic acids is 2. The predicted molar refractivity (Wildman–Crippen MR) is 302 cm³/mol. The Labute approximate surface area is 436 Å². The average Bonchev–Trinajstić information content (AvgIpc) is 3.33. The van der Waals surface area contributed by atoms with Crippen LogP contribution in [0.5, 0.6) is 0 Å². The number of phosphoric ester groups is 1. The first-order valence-corrected chi connectivity index (χ1v) is 30.0. The number of quaternary nitrogens is 1. The molecule has 0 aliphatic heterocycles. The zero-order chi connectivity index (χ0) is 52.0. The Hall–Kier alpha value is -3.07. The van der Waals surface area contributed by atoms with E-state index in [4.69, 9.17) is 18.5 Å². The van der Waals surface area contributed by atoms with Crippen molar-refractivity contribution in [2.75, 3.05) is 47.5 Å². The Morgan fingerprint density at radius 2 is 0.803 bits per heavy atom. The number of carbonyl (C=O) groups is 2. The van der Waals surface area contributed by atoms with E-state index in [1.165, 1.54) is 83.5 Å². The number of esters is 2. The van der Waals surface area contributed by atoms with E-state index in [1.54, 1.807) is 0 Å². The molecule has 408 valence electrons. The molecule has 10 heteroatoms. The molecule has 2 unspecified atom stereocenters. The summed E-state index contributed by atoms with van der Waals surface area (Å²) in [5.74, 6) is -0.814. The topological polar surface area (TPSA) is 108 Å². The number of ether oxygens (including phenoxy) is 2. The second-order valence-electron chi connectivity index (χ2n) is 19.9. The summed E-state index contributed by atoms with van der Waals surface area (Å²) in [7, 11) is 1.46. The molecular weight excluding hydrogens is 906 g/mol. The van der Waals surface area contributed by atoms with E-state index in [1.807, 2.05) is 21.1 Å². The molecule has 2 atom stereocenters. The van der Waals surface area contributed by atoms with E-state index < -0.39 is 26.5 Å². The molecule has 9 nitrogen and oxygen atoms in total. The van der Waals surface area contributed by atoms with Gasteiger partial charge >= 0.3 is 19.8 Å². The van der Waals surface area contributed by atoms with Gasteiger partial charge in [0.25, 0.3) is 0 Å². The van der Waals surface area contributed by atoms with Crippen molar-refractivity contribution in [2.24, 2.45) is 0 Å². The molecule has 0 radical (unpaired) electrons. The number of hydrogen-bond donors (Lipinski definition) is 1. The minimum absolute atomic E-state index is 0.0250. The molecule has 0 saturated carbocycles. The van der Waals surface area contributed by atoms with Gasteiger partial charge in [0.15, 0.2) is 6.10 Å². The van der Waals surface area contributed by atoms with Crippen molar-refractivity contribution in [3.05, 3.63) is 97.2 Å². The van der Waals surface area contributed by atoms with Gasteiger partial charge < -0.3 is 18.9 Å². The van der Waals surface area contributed by atoms with Gasteiger partial charge in [0.1, 0.15) is 19.8 Å². The second-order valence-corrected chi connectivity index (χ2v) is 21.4. The number of allylic oxidation sites excluding steroid dienone is 16. The molecule has 0 aromatic carbocycles. The Balaban J connectivity index is 4.23. The van der Waals surface area contributed by atoms with E-state index in [0.717, 1.165) is 109 Å². The lowest BCUT2D eigenvalue weighted by molar-refractivity contribution is -0.870. The predicted octanol–water partition coefficient (Wildman–Crippen LogP) is 17.6. The first-order valence-electron chi connectivity index (χ1n) is 28.5. The van der Waals surface area contributed by atoms with Crippen LogP contribution >= 0.6 is 7.82 Å². The van der Waals surface area contributed by atoms with E-state index in [0.29, 0.717) is 17.4 Å². The highest BCUT2D eigenvalue weighted by Crippen LogP contribution is 2.43. The fourth-order valence-corrected chi connectivity index (χ4v) is 8.24. The van der Waals surface area contributed by atoms with Crippen LogP contribution in [0.25, 0.3) is 0 Å². The maximum absolute atomic E-state index is 12.8. The molecule has 0 fully saturated rings. The fraction of sp³-hybridized carbons (Fsp3) is 0.705. The summed E-state index contributed by atoms with van der Waals surface area (Å²) in [6, 6.07) is 0. The molecule has 0 aromatic rings. The second kappa shape index (κ2) is 51.8. The summed E-state index contributed by atoms with van der Waals surface area (Å²) in [4.78, 5) is 35.6. The molecule has 0 aromatic heterocycles. The lowest BCUT2D eigenvalue weighted by Crippen LogP contribution is -2.37. The summed E-state index contributed by atoms with van der Waals surface area (Å²) < 4.78 is 34.5. The summed E-state index contributed by atoms with van der Waals surface area (Å²) in [6.07, 6.45) is 70.4. The zero-order valence-electron chi connectivity index (χ0n) is 46.2. The van der Waals surface area contributed by atoms with Gasteiger partial charge in [-0.15, -0.1) is 0 Å². The molecule has 0 spiro atoms. The van der Waals surface area contributed by atoms with Gasteiger partial charge in [-0.2, -0.15) is 0 Å². The third-order valence-corrected chi connectivity index (χ3v) is 12.9. The lowest BCUT2D eigenvalue weighted by atomic mass is 10.0.